The first-order chi connectivity index (χ1) is 9.00. The Bertz CT molecular complexity index is 594. The monoisotopic (exact) mass is 300 g/mol. The number of nitrogens with zero attached hydrogens (tertiary/aromatic N) is 4. The summed E-state index contributed by atoms with van der Waals surface area (Å²) in [5.41, 5.74) is 0.494. The molecule has 0 bridgehead atoms. The average Bonchev–Trinajstić information content (AvgIpc) is 2.77. The van der Waals surface area contributed by atoms with Gasteiger partial charge in [-0.3, -0.25) is 4.79 Å². The first-order valence-electron chi connectivity index (χ1n) is 5.44. The molecule has 1 unspecified atom stereocenters. The number of benzene rings is 1. The molecule has 0 spiro atoms. The molecule has 1 aromatic heterocycles. The Morgan fingerprint density at radius 1 is 1.42 bits per heavy atom. The topological polar surface area (TPSA) is 80.9 Å². The van der Waals surface area contributed by atoms with Gasteiger partial charge in [-0.2, -0.15) is 0 Å². The van der Waals surface area contributed by atoms with E-state index in [2.05, 4.69) is 15.5 Å². The van der Waals surface area contributed by atoms with Gasteiger partial charge in [-0.05, 0) is 22.6 Å². The van der Waals surface area contributed by atoms with E-state index in [1.165, 1.54) is 4.68 Å². The second-order valence-corrected chi connectivity index (χ2v) is 4.83. The van der Waals surface area contributed by atoms with Gasteiger partial charge in [0.1, 0.15) is 0 Å². The maximum Gasteiger partial charge on any atom is 0.308 e. The summed E-state index contributed by atoms with van der Waals surface area (Å²) in [5.74, 6) is -1.20. The summed E-state index contributed by atoms with van der Waals surface area (Å²) in [4.78, 5) is 10.9. The Morgan fingerprint density at radius 3 is 2.63 bits per heavy atom. The van der Waals surface area contributed by atoms with Crippen molar-refractivity contribution in [3.05, 3.63) is 28.2 Å². The summed E-state index contributed by atoms with van der Waals surface area (Å²) in [6.45, 7) is 1.71. The van der Waals surface area contributed by atoms with Crippen molar-refractivity contribution in [2.24, 2.45) is 5.92 Å². The van der Waals surface area contributed by atoms with Crippen LogP contribution in [0, 0.1) is 5.92 Å². The van der Waals surface area contributed by atoms with Crippen LogP contribution in [0.3, 0.4) is 0 Å². The van der Waals surface area contributed by atoms with Gasteiger partial charge in [-0.15, -0.1) is 5.10 Å². The minimum atomic E-state index is -0.924. The standard InChI is InChI=1S/C11H10Cl2N4O2/c1-6(11(18)19)5-17-10(14-15-16-17)9-7(12)3-2-4-8(9)13/h2-4,6H,5H2,1H3,(H,18,19). The van der Waals surface area contributed by atoms with Crippen molar-refractivity contribution in [3.8, 4) is 11.4 Å². The quantitative estimate of drug-likeness (QED) is 0.937. The third-order valence-corrected chi connectivity index (χ3v) is 3.22. The fraction of sp³-hybridized carbons (Fsp3) is 0.273. The second-order valence-electron chi connectivity index (χ2n) is 4.02. The molecule has 6 nitrogen and oxygen atoms in total. The molecule has 8 heteroatoms. The van der Waals surface area contributed by atoms with Crippen LogP contribution in [0.25, 0.3) is 11.4 Å². The molecule has 0 radical (unpaired) electrons. The molecule has 0 aliphatic heterocycles. The summed E-state index contributed by atoms with van der Waals surface area (Å²) >= 11 is 12.2. The lowest BCUT2D eigenvalue weighted by molar-refractivity contribution is -0.141. The number of aromatic nitrogens is 4. The maximum absolute atomic E-state index is 10.9. The lowest BCUT2D eigenvalue weighted by Crippen LogP contribution is -2.18. The molecule has 0 fully saturated rings. The lowest BCUT2D eigenvalue weighted by Gasteiger charge is -2.09. The number of halogens is 2. The molecule has 100 valence electrons. The highest BCUT2D eigenvalue weighted by Crippen LogP contribution is 2.32. The molecular formula is C11H10Cl2N4O2. The van der Waals surface area contributed by atoms with Crippen molar-refractivity contribution < 1.29 is 9.90 Å². The normalized spacial score (nSPS) is 12.4. The number of aliphatic carboxylic acids is 1. The highest BCUT2D eigenvalue weighted by atomic mass is 35.5. The first-order valence-corrected chi connectivity index (χ1v) is 6.19. The van der Waals surface area contributed by atoms with E-state index in [-0.39, 0.29) is 6.54 Å². The minimum Gasteiger partial charge on any atom is -0.481 e. The number of rotatable bonds is 4. The molecule has 1 heterocycles. The van der Waals surface area contributed by atoms with E-state index in [0.29, 0.717) is 21.4 Å². The van der Waals surface area contributed by atoms with Crippen LogP contribution >= 0.6 is 23.2 Å². The van der Waals surface area contributed by atoms with Crippen LogP contribution in [0.4, 0.5) is 0 Å². The van der Waals surface area contributed by atoms with Gasteiger partial charge in [0, 0.05) is 0 Å². The lowest BCUT2D eigenvalue weighted by atomic mass is 10.1. The Hall–Kier alpha value is -1.66. The summed E-state index contributed by atoms with van der Waals surface area (Å²) in [5, 5.41) is 20.9. The van der Waals surface area contributed by atoms with Crippen LogP contribution in [-0.4, -0.2) is 31.3 Å². The Labute approximate surface area is 118 Å². The predicted octanol–water partition coefficient (Wildman–Crippen LogP) is 2.37. The van der Waals surface area contributed by atoms with E-state index in [0.717, 1.165) is 0 Å². The van der Waals surface area contributed by atoms with Crippen LogP contribution in [0.2, 0.25) is 10.0 Å². The van der Waals surface area contributed by atoms with Gasteiger partial charge >= 0.3 is 5.97 Å². The van der Waals surface area contributed by atoms with Crippen LogP contribution < -0.4 is 0 Å². The predicted molar refractivity (Wildman–Crippen MR) is 70.1 cm³/mol. The molecule has 0 saturated heterocycles. The van der Waals surface area contributed by atoms with Crippen LogP contribution in [0.15, 0.2) is 18.2 Å². The van der Waals surface area contributed by atoms with Gasteiger partial charge in [-0.1, -0.05) is 36.2 Å². The van der Waals surface area contributed by atoms with Crippen molar-refractivity contribution in [1.82, 2.24) is 20.2 Å². The Balaban J connectivity index is 2.42. The zero-order valence-corrected chi connectivity index (χ0v) is 11.4. The van der Waals surface area contributed by atoms with Gasteiger partial charge in [0.05, 0.1) is 28.1 Å². The van der Waals surface area contributed by atoms with Crippen LogP contribution in [0.1, 0.15) is 6.92 Å². The fourth-order valence-corrected chi connectivity index (χ4v) is 2.12. The zero-order valence-electron chi connectivity index (χ0n) is 9.92. The third kappa shape index (κ3) is 2.85. The number of tetrazole rings is 1. The average molecular weight is 301 g/mol. The molecule has 2 aromatic rings. The SMILES string of the molecule is CC(Cn1nnnc1-c1c(Cl)cccc1Cl)C(=O)O. The summed E-state index contributed by atoms with van der Waals surface area (Å²) in [6.07, 6.45) is 0. The highest BCUT2D eigenvalue weighted by molar-refractivity contribution is 6.38. The smallest absolute Gasteiger partial charge is 0.308 e. The number of hydrogen-bond acceptors (Lipinski definition) is 4. The molecule has 2 rings (SSSR count). The van der Waals surface area contributed by atoms with Crippen molar-refractivity contribution in [3.63, 3.8) is 0 Å². The molecule has 0 aliphatic rings. The largest absolute Gasteiger partial charge is 0.481 e. The van der Waals surface area contributed by atoms with Gasteiger partial charge in [-0.25, -0.2) is 4.68 Å². The molecule has 0 aliphatic carbocycles. The Kier molecular flexibility index (Phi) is 4.01. The number of carboxylic acid groups (broad SMARTS) is 1. The second kappa shape index (κ2) is 5.54. The van der Waals surface area contributed by atoms with E-state index in [9.17, 15) is 4.79 Å². The first kappa shape index (κ1) is 13.8. The summed E-state index contributed by atoms with van der Waals surface area (Å²) < 4.78 is 1.38. The van der Waals surface area contributed by atoms with E-state index in [1.807, 2.05) is 0 Å². The minimum absolute atomic E-state index is 0.138. The van der Waals surface area contributed by atoms with Crippen molar-refractivity contribution in [2.45, 2.75) is 13.5 Å². The number of hydrogen-bond donors (Lipinski definition) is 1. The maximum atomic E-state index is 10.9. The summed E-state index contributed by atoms with van der Waals surface area (Å²) in [6, 6.07) is 5.05. The zero-order chi connectivity index (χ0) is 14.0. The third-order valence-electron chi connectivity index (χ3n) is 2.59. The van der Waals surface area contributed by atoms with Gasteiger partial charge in [0.15, 0.2) is 5.82 Å². The number of carbonyl (C=O) groups is 1. The van der Waals surface area contributed by atoms with Crippen molar-refractivity contribution in [1.29, 1.82) is 0 Å². The highest BCUT2D eigenvalue weighted by Gasteiger charge is 2.19. The van der Waals surface area contributed by atoms with Gasteiger partial charge in [0.2, 0.25) is 0 Å². The van der Waals surface area contributed by atoms with Crippen LogP contribution in [-0.2, 0) is 11.3 Å². The van der Waals surface area contributed by atoms with Gasteiger partial charge < -0.3 is 5.11 Å². The molecular weight excluding hydrogens is 291 g/mol. The summed E-state index contributed by atoms with van der Waals surface area (Å²) in [7, 11) is 0. The molecule has 19 heavy (non-hydrogen) atoms. The molecule has 1 N–H and O–H groups in total. The molecule has 0 amide bonds. The van der Waals surface area contributed by atoms with Crippen molar-refractivity contribution in [2.75, 3.05) is 0 Å². The molecule has 1 atom stereocenters. The van der Waals surface area contributed by atoms with E-state index in [1.54, 1.807) is 25.1 Å². The van der Waals surface area contributed by atoms with Crippen molar-refractivity contribution >= 4 is 29.2 Å². The van der Waals surface area contributed by atoms with Crippen LogP contribution in [0.5, 0.6) is 0 Å². The molecule has 0 saturated carbocycles. The Morgan fingerprint density at radius 2 is 2.05 bits per heavy atom. The molecule has 1 aromatic carbocycles. The number of carboxylic acids is 1. The fourth-order valence-electron chi connectivity index (χ4n) is 1.56. The van der Waals surface area contributed by atoms with E-state index >= 15 is 0 Å². The van der Waals surface area contributed by atoms with E-state index < -0.39 is 11.9 Å². The van der Waals surface area contributed by atoms with Gasteiger partial charge in [0.25, 0.3) is 0 Å². The van der Waals surface area contributed by atoms with E-state index in [4.69, 9.17) is 28.3 Å².